The van der Waals surface area contributed by atoms with Gasteiger partial charge in [-0.1, -0.05) is 12.1 Å². The molecule has 2 aromatic carbocycles. The van der Waals surface area contributed by atoms with Gasteiger partial charge in [0.15, 0.2) is 0 Å². The summed E-state index contributed by atoms with van der Waals surface area (Å²) in [5.74, 6) is 0.864. The average Bonchev–Trinajstić information content (AvgIpc) is 2.77. The Balaban J connectivity index is 1.71. The Hall–Kier alpha value is -2.86. The van der Waals surface area contributed by atoms with Crippen molar-refractivity contribution in [1.29, 1.82) is 0 Å². The number of carbonyl (C=O) groups excluding carboxylic acids is 1. The van der Waals surface area contributed by atoms with E-state index in [9.17, 15) is 9.18 Å². The fourth-order valence-corrected chi connectivity index (χ4v) is 3.58. The van der Waals surface area contributed by atoms with Gasteiger partial charge in [0.2, 0.25) is 5.91 Å². The lowest BCUT2D eigenvalue weighted by molar-refractivity contribution is -0.116. The maximum Gasteiger partial charge on any atom is 0.244 e. The molecular formula is C23H26FNO4. The molecular weight excluding hydrogens is 373 g/mol. The van der Waals surface area contributed by atoms with Crippen molar-refractivity contribution in [3.63, 3.8) is 0 Å². The fraction of sp³-hybridized carbons (Fsp3) is 0.348. The van der Waals surface area contributed by atoms with Crippen molar-refractivity contribution in [3.8, 4) is 11.5 Å². The Morgan fingerprint density at radius 3 is 2.52 bits per heavy atom. The van der Waals surface area contributed by atoms with Crippen LogP contribution in [0.2, 0.25) is 0 Å². The molecule has 0 aliphatic carbocycles. The lowest BCUT2D eigenvalue weighted by Crippen LogP contribution is -2.44. The molecule has 1 N–H and O–H groups in total. The number of hydrogen-bond donors (Lipinski definition) is 1. The van der Waals surface area contributed by atoms with Gasteiger partial charge in [0.25, 0.3) is 0 Å². The van der Waals surface area contributed by atoms with Crippen molar-refractivity contribution < 1.29 is 23.4 Å². The molecule has 0 radical (unpaired) electrons. The number of benzene rings is 2. The number of hydrogen-bond acceptors (Lipinski definition) is 4. The van der Waals surface area contributed by atoms with Crippen molar-refractivity contribution in [2.24, 2.45) is 0 Å². The van der Waals surface area contributed by atoms with E-state index in [1.54, 1.807) is 50.6 Å². The molecule has 0 spiro atoms. The molecule has 1 heterocycles. The van der Waals surface area contributed by atoms with Gasteiger partial charge in [-0.25, -0.2) is 4.39 Å². The Morgan fingerprint density at radius 1 is 1.14 bits per heavy atom. The number of amides is 1. The number of methoxy groups -OCH3 is 2. The van der Waals surface area contributed by atoms with Gasteiger partial charge < -0.3 is 19.5 Å². The highest BCUT2D eigenvalue weighted by atomic mass is 19.1. The highest BCUT2D eigenvalue weighted by Crippen LogP contribution is 2.34. The predicted molar refractivity (Wildman–Crippen MR) is 110 cm³/mol. The van der Waals surface area contributed by atoms with Crippen LogP contribution in [0, 0.1) is 5.82 Å². The second-order valence-electron chi connectivity index (χ2n) is 7.06. The molecule has 1 aliphatic heterocycles. The summed E-state index contributed by atoms with van der Waals surface area (Å²) >= 11 is 0. The summed E-state index contributed by atoms with van der Waals surface area (Å²) < 4.78 is 29.4. The van der Waals surface area contributed by atoms with Crippen molar-refractivity contribution in [2.75, 3.05) is 34.0 Å². The first-order valence-corrected chi connectivity index (χ1v) is 9.58. The third kappa shape index (κ3) is 5.15. The first-order chi connectivity index (χ1) is 14.1. The van der Waals surface area contributed by atoms with E-state index in [1.807, 2.05) is 0 Å². The van der Waals surface area contributed by atoms with Crippen LogP contribution in [0.1, 0.15) is 24.0 Å². The molecule has 154 valence electrons. The molecule has 0 unspecified atom stereocenters. The summed E-state index contributed by atoms with van der Waals surface area (Å²) in [6, 6.07) is 11.9. The molecule has 1 fully saturated rings. The summed E-state index contributed by atoms with van der Waals surface area (Å²) in [6.07, 6.45) is 4.72. The lowest BCUT2D eigenvalue weighted by Gasteiger charge is -2.37. The number of rotatable bonds is 7. The smallest absolute Gasteiger partial charge is 0.244 e. The topological polar surface area (TPSA) is 56.8 Å². The average molecular weight is 399 g/mol. The van der Waals surface area contributed by atoms with Crippen molar-refractivity contribution in [1.82, 2.24) is 5.32 Å². The van der Waals surface area contributed by atoms with Crippen LogP contribution in [0.4, 0.5) is 4.39 Å². The minimum absolute atomic E-state index is 0.206. The molecule has 0 saturated carbocycles. The molecule has 5 nitrogen and oxygen atoms in total. The van der Waals surface area contributed by atoms with Gasteiger partial charge in [0.05, 0.1) is 14.2 Å². The zero-order valence-electron chi connectivity index (χ0n) is 16.7. The van der Waals surface area contributed by atoms with Crippen LogP contribution in [-0.2, 0) is 14.9 Å². The Labute approximate surface area is 170 Å². The van der Waals surface area contributed by atoms with Gasteiger partial charge in [-0.05, 0) is 54.8 Å². The third-order valence-electron chi connectivity index (χ3n) is 5.36. The van der Waals surface area contributed by atoms with Gasteiger partial charge in [0, 0.05) is 36.8 Å². The monoisotopic (exact) mass is 399 g/mol. The van der Waals surface area contributed by atoms with Crippen LogP contribution in [-0.4, -0.2) is 39.9 Å². The first-order valence-electron chi connectivity index (χ1n) is 9.58. The van der Waals surface area contributed by atoms with E-state index in [0.717, 1.165) is 24.0 Å². The molecule has 2 aromatic rings. The number of ether oxygens (including phenoxy) is 3. The molecule has 1 aliphatic rings. The van der Waals surface area contributed by atoms with Gasteiger partial charge >= 0.3 is 0 Å². The van der Waals surface area contributed by atoms with E-state index in [0.29, 0.717) is 31.3 Å². The Bertz CT molecular complexity index is 858. The van der Waals surface area contributed by atoms with Crippen molar-refractivity contribution in [2.45, 2.75) is 18.3 Å². The molecule has 1 saturated heterocycles. The molecule has 0 aromatic heterocycles. The van der Waals surface area contributed by atoms with Gasteiger partial charge in [-0.3, -0.25) is 4.79 Å². The third-order valence-corrected chi connectivity index (χ3v) is 5.36. The van der Waals surface area contributed by atoms with E-state index < -0.39 is 0 Å². The van der Waals surface area contributed by atoms with Crippen LogP contribution in [0.5, 0.6) is 11.5 Å². The highest BCUT2D eigenvalue weighted by molar-refractivity contribution is 5.92. The van der Waals surface area contributed by atoms with Gasteiger partial charge in [-0.15, -0.1) is 0 Å². The second-order valence-corrected chi connectivity index (χ2v) is 7.06. The molecule has 3 rings (SSSR count). The van der Waals surface area contributed by atoms with Crippen LogP contribution in [0.15, 0.2) is 48.5 Å². The molecule has 0 atom stereocenters. The minimum atomic E-state index is -0.268. The molecule has 0 bridgehead atoms. The number of carbonyl (C=O) groups is 1. The van der Waals surface area contributed by atoms with Crippen LogP contribution in [0.25, 0.3) is 6.08 Å². The Kier molecular flexibility index (Phi) is 6.88. The van der Waals surface area contributed by atoms with E-state index in [2.05, 4.69) is 5.32 Å². The summed E-state index contributed by atoms with van der Waals surface area (Å²) in [6.45, 7) is 1.69. The van der Waals surface area contributed by atoms with Crippen LogP contribution in [0.3, 0.4) is 0 Å². The minimum Gasteiger partial charge on any atom is -0.497 e. The summed E-state index contributed by atoms with van der Waals surface area (Å²) in [7, 11) is 3.17. The summed E-state index contributed by atoms with van der Waals surface area (Å²) in [4.78, 5) is 12.5. The summed E-state index contributed by atoms with van der Waals surface area (Å²) in [5.41, 5.74) is 1.51. The molecule has 1 amide bonds. The zero-order valence-corrected chi connectivity index (χ0v) is 16.7. The number of nitrogens with one attached hydrogen (secondary N) is 1. The van der Waals surface area contributed by atoms with Crippen LogP contribution < -0.4 is 14.8 Å². The SMILES string of the molecule is COc1ccc(OC)c(/C=C/C(=O)NCC2(c3ccc(F)cc3)CCOCC2)c1. The molecule has 29 heavy (non-hydrogen) atoms. The van der Waals surface area contributed by atoms with E-state index in [1.165, 1.54) is 18.2 Å². The largest absolute Gasteiger partial charge is 0.497 e. The van der Waals surface area contributed by atoms with Crippen LogP contribution >= 0.6 is 0 Å². The first kappa shape index (κ1) is 20.9. The van der Waals surface area contributed by atoms with Crippen molar-refractivity contribution in [3.05, 3.63) is 65.5 Å². The van der Waals surface area contributed by atoms with E-state index in [4.69, 9.17) is 14.2 Å². The van der Waals surface area contributed by atoms with Crippen molar-refractivity contribution >= 4 is 12.0 Å². The second kappa shape index (κ2) is 9.56. The Morgan fingerprint density at radius 2 is 1.86 bits per heavy atom. The van der Waals surface area contributed by atoms with Gasteiger partial charge in [0.1, 0.15) is 17.3 Å². The zero-order chi connectivity index (χ0) is 20.7. The number of halogens is 1. The maximum absolute atomic E-state index is 13.3. The normalized spacial score (nSPS) is 15.8. The van der Waals surface area contributed by atoms with E-state index >= 15 is 0 Å². The fourth-order valence-electron chi connectivity index (χ4n) is 3.58. The summed E-state index contributed by atoms with van der Waals surface area (Å²) in [5, 5.41) is 3.00. The lowest BCUT2D eigenvalue weighted by atomic mass is 9.74. The molecule has 6 heteroatoms. The highest BCUT2D eigenvalue weighted by Gasteiger charge is 2.34. The predicted octanol–water partition coefficient (Wildman–Crippen LogP) is 3.72. The maximum atomic E-state index is 13.3. The van der Waals surface area contributed by atoms with Gasteiger partial charge in [-0.2, -0.15) is 0 Å². The standard InChI is InChI=1S/C23H26FNO4/c1-27-20-8-9-21(28-2)17(15-20)3-10-22(26)25-16-23(11-13-29-14-12-23)18-4-6-19(24)7-5-18/h3-10,15H,11-14,16H2,1-2H3,(H,25,26)/b10-3+. The quantitative estimate of drug-likeness (QED) is 0.721. The van der Waals surface area contributed by atoms with E-state index in [-0.39, 0.29) is 17.1 Å².